The molecule has 1 amide bonds. The van der Waals surface area contributed by atoms with Gasteiger partial charge in [-0.15, -0.1) is 6.58 Å². The van der Waals surface area contributed by atoms with E-state index in [1.54, 1.807) is 12.1 Å². The van der Waals surface area contributed by atoms with E-state index in [9.17, 15) is 9.18 Å². The maximum absolute atomic E-state index is 13.8. The molecule has 1 aromatic carbocycles. The first-order valence-corrected chi connectivity index (χ1v) is 8.24. The normalized spacial score (nSPS) is 21.3. The Morgan fingerprint density at radius 1 is 1.57 bits per heavy atom. The van der Waals surface area contributed by atoms with Crippen molar-refractivity contribution in [1.29, 1.82) is 0 Å². The van der Waals surface area contributed by atoms with Gasteiger partial charge in [0.05, 0.1) is 17.6 Å². The van der Waals surface area contributed by atoms with Gasteiger partial charge in [-0.05, 0) is 30.7 Å². The van der Waals surface area contributed by atoms with Crippen LogP contribution in [0.1, 0.15) is 24.9 Å². The zero-order valence-corrected chi connectivity index (χ0v) is 14.1. The van der Waals surface area contributed by atoms with Crippen LogP contribution in [0.5, 0.6) is 0 Å². The predicted molar refractivity (Wildman–Crippen MR) is 91.0 cm³/mol. The van der Waals surface area contributed by atoms with Crippen molar-refractivity contribution >= 4 is 17.5 Å². The number of likely N-dealkylation sites (tertiary alicyclic amines) is 1. The van der Waals surface area contributed by atoms with E-state index < -0.39 is 5.82 Å². The Bertz CT molecular complexity index is 567. The summed E-state index contributed by atoms with van der Waals surface area (Å²) in [4.78, 5) is 14.0. The van der Waals surface area contributed by atoms with E-state index in [0.717, 1.165) is 25.1 Å². The monoisotopic (exact) mass is 339 g/mol. The molecule has 6 heteroatoms. The van der Waals surface area contributed by atoms with Crippen LogP contribution in [-0.2, 0) is 4.79 Å². The third-order valence-electron chi connectivity index (χ3n) is 4.16. The molecule has 126 valence electrons. The highest BCUT2D eigenvalue weighted by molar-refractivity contribution is 6.30. The number of benzene rings is 1. The number of likely N-dealkylation sites (N-methyl/N-ethyl adjacent to an activating group) is 1. The lowest BCUT2D eigenvalue weighted by atomic mass is 10.00. The fourth-order valence-corrected chi connectivity index (χ4v) is 3.15. The molecule has 0 spiro atoms. The summed E-state index contributed by atoms with van der Waals surface area (Å²) >= 11 is 5.78. The van der Waals surface area contributed by atoms with E-state index in [4.69, 9.17) is 11.6 Å². The smallest absolute Gasteiger partial charge is 0.234 e. The summed E-state index contributed by atoms with van der Waals surface area (Å²) in [7, 11) is 0. The maximum Gasteiger partial charge on any atom is 0.234 e. The molecule has 0 aliphatic carbocycles. The molecule has 1 aliphatic heterocycles. The minimum Gasteiger partial charge on any atom is -0.352 e. The molecule has 0 saturated carbocycles. The highest BCUT2D eigenvalue weighted by atomic mass is 35.5. The lowest BCUT2D eigenvalue weighted by Gasteiger charge is -2.28. The van der Waals surface area contributed by atoms with Crippen molar-refractivity contribution < 1.29 is 9.18 Å². The highest BCUT2D eigenvalue weighted by Crippen LogP contribution is 2.33. The van der Waals surface area contributed by atoms with Gasteiger partial charge in [-0.3, -0.25) is 9.69 Å². The first-order chi connectivity index (χ1) is 11.1. The van der Waals surface area contributed by atoms with Crippen LogP contribution in [0.4, 0.5) is 4.39 Å². The number of halogens is 2. The van der Waals surface area contributed by atoms with Gasteiger partial charge in [0.15, 0.2) is 0 Å². The van der Waals surface area contributed by atoms with E-state index in [1.165, 1.54) is 6.07 Å². The molecule has 2 atom stereocenters. The molecule has 1 heterocycles. The number of hydrogen-bond donors (Lipinski definition) is 2. The van der Waals surface area contributed by atoms with Gasteiger partial charge in [-0.25, -0.2) is 4.39 Å². The predicted octanol–water partition coefficient (Wildman–Crippen LogP) is 2.51. The summed E-state index contributed by atoms with van der Waals surface area (Å²) in [5, 5.41) is 6.16. The Morgan fingerprint density at radius 3 is 3.00 bits per heavy atom. The topological polar surface area (TPSA) is 44.4 Å². The molecular formula is C17H23ClFN3O. The first kappa shape index (κ1) is 17.9. The van der Waals surface area contributed by atoms with Crippen LogP contribution in [-0.4, -0.2) is 43.0 Å². The second-order valence-corrected chi connectivity index (χ2v) is 6.02. The number of nitrogens with one attached hydrogen (secondary N) is 2. The van der Waals surface area contributed by atoms with Crippen molar-refractivity contribution in [2.24, 2.45) is 0 Å². The Balaban J connectivity index is 2.07. The summed E-state index contributed by atoms with van der Waals surface area (Å²) in [6.45, 7) is 8.13. The molecule has 4 nitrogen and oxygen atoms in total. The quantitative estimate of drug-likeness (QED) is 0.750. The maximum atomic E-state index is 13.8. The van der Waals surface area contributed by atoms with Crippen molar-refractivity contribution in [1.82, 2.24) is 15.5 Å². The van der Waals surface area contributed by atoms with Crippen molar-refractivity contribution in [2.45, 2.75) is 25.4 Å². The standard InChI is InChI=1S/C17H23ClFN3O/c1-3-8-20-16(23)11-21-15-7-9-22(4-2)17(15)12-5-6-13(18)14(19)10-12/h3,5-6,10,15,17,21H,1,4,7-9,11H2,2H3,(H,20,23)/t15-,17-/m1/s1. The van der Waals surface area contributed by atoms with Crippen molar-refractivity contribution in [3.63, 3.8) is 0 Å². The molecule has 2 rings (SSSR count). The average Bonchev–Trinajstić information content (AvgIpc) is 2.96. The van der Waals surface area contributed by atoms with Gasteiger partial charge >= 0.3 is 0 Å². The van der Waals surface area contributed by atoms with E-state index >= 15 is 0 Å². The molecule has 0 aromatic heterocycles. The minimum atomic E-state index is -0.408. The van der Waals surface area contributed by atoms with Gasteiger partial charge in [0.1, 0.15) is 5.82 Å². The average molecular weight is 340 g/mol. The number of amides is 1. The zero-order chi connectivity index (χ0) is 16.8. The van der Waals surface area contributed by atoms with Crippen LogP contribution < -0.4 is 10.6 Å². The molecule has 23 heavy (non-hydrogen) atoms. The van der Waals surface area contributed by atoms with Gasteiger partial charge in [0, 0.05) is 19.1 Å². The molecule has 1 aromatic rings. The number of hydrogen-bond acceptors (Lipinski definition) is 3. The first-order valence-electron chi connectivity index (χ1n) is 7.86. The van der Waals surface area contributed by atoms with Crippen LogP contribution in [0.2, 0.25) is 5.02 Å². The molecule has 2 N–H and O–H groups in total. The van der Waals surface area contributed by atoms with Gasteiger partial charge in [0.2, 0.25) is 5.91 Å². The highest BCUT2D eigenvalue weighted by Gasteiger charge is 2.34. The second kappa shape index (κ2) is 8.43. The van der Waals surface area contributed by atoms with Crippen LogP contribution in [0, 0.1) is 5.82 Å². The molecule has 1 aliphatic rings. The van der Waals surface area contributed by atoms with E-state index in [2.05, 4.69) is 29.0 Å². The van der Waals surface area contributed by atoms with Crippen molar-refractivity contribution in [2.75, 3.05) is 26.2 Å². The molecular weight excluding hydrogens is 317 g/mol. The van der Waals surface area contributed by atoms with Crippen LogP contribution in [0.3, 0.4) is 0 Å². The van der Waals surface area contributed by atoms with Gasteiger partial charge < -0.3 is 10.6 Å². The summed E-state index contributed by atoms with van der Waals surface area (Å²) in [5.74, 6) is -0.476. The van der Waals surface area contributed by atoms with Crippen LogP contribution in [0.25, 0.3) is 0 Å². The fraction of sp³-hybridized carbons (Fsp3) is 0.471. The number of carbonyl (C=O) groups is 1. The van der Waals surface area contributed by atoms with Gasteiger partial charge in [0.25, 0.3) is 0 Å². The summed E-state index contributed by atoms with van der Waals surface area (Å²) in [6.07, 6.45) is 2.56. The SMILES string of the molecule is C=CCNC(=O)CN[C@@H]1CCN(CC)[C@@H]1c1ccc(Cl)c(F)c1. The Kier molecular flexibility index (Phi) is 6.57. The third kappa shape index (κ3) is 4.53. The van der Waals surface area contributed by atoms with E-state index in [1.807, 2.05) is 6.07 Å². The van der Waals surface area contributed by atoms with E-state index in [-0.39, 0.29) is 29.6 Å². The van der Waals surface area contributed by atoms with Crippen LogP contribution >= 0.6 is 11.6 Å². The molecule has 0 bridgehead atoms. The summed E-state index contributed by atoms with van der Waals surface area (Å²) < 4.78 is 13.8. The summed E-state index contributed by atoms with van der Waals surface area (Å²) in [6, 6.07) is 5.08. The van der Waals surface area contributed by atoms with Crippen molar-refractivity contribution in [3.05, 3.63) is 47.3 Å². The number of carbonyl (C=O) groups excluding carboxylic acids is 1. The second-order valence-electron chi connectivity index (χ2n) is 5.62. The molecule has 0 radical (unpaired) electrons. The minimum absolute atomic E-state index is 0.0407. The third-order valence-corrected chi connectivity index (χ3v) is 4.47. The largest absolute Gasteiger partial charge is 0.352 e. The number of rotatable bonds is 7. The van der Waals surface area contributed by atoms with Gasteiger partial charge in [-0.2, -0.15) is 0 Å². The Hall–Kier alpha value is -1.43. The Morgan fingerprint density at radius 2 is 2.35 bits per heavy atom. The zero-order valence-electron chi connectivity index (χ0n) is 13.3. The molecule has 1 saturated heterocycles. The summed E-state index contributed by atoms with van der Waals surface area (Å²) in [5.41, 5.74) is 0.884. The number of nitrogens with zero attached hydrogens (tertiary/aromatic N) is 1. The lowest BCUT2D eigenvalue weighted by Crippen LogP contribution is -2.42. The Labute approximate surface area is 141 Å². The van der Waals surface area contributed by atoms with E-state index in [0.29, 0.717) is 6.54 Å². The van der Waals surface area contributed by atoms with Crippen LogP contribution in [0.15, 0.2) is 30.9 Å². The van der Waals surface area contributed by atoms with Crippen molar-refractivity contribution in [3.8, 4) is 0 Å². The van der Waals surface area contributed by atoms with Gasteiger partial charge in [-0.1, -0.05) is 30.7 Å². The lowest BCUT2D eigenvalue weighted by molar-refractivity contribution is -0.120. The fourth-order valence-electron chi connectivity index (χ4n) is 3.04. The molecule has 1 fully saturated rings. The molecule has 0 unspecified atom stereocenters.